The van der Waals surface area contributed by atoms with E-state index in [9.17, 15) is 10.2 Å². The standard InChI is InChI=1S/C38H71NO2/c1-4-6-8-10-12-14-16-18-20-22-24-26-28-31-39(32-29-36-33-35(3)38(41)37(40)34-36)30-27-25-23-21-19-17-15-13-11-9-7-5-2/h33-34,40-41H,4-32H2,1-3H3. The lowest BCUT2D eigenvalue weighted by molar-refractivity contribution is 0.263. The predicted molar refractivity (Wildman–Crippen MR) is 181 cm³/mol. The van der Waals surface area contributed by atoms with Crippen molar-refractivity contribution in [2.75, 3.05) is 19.6 Å². The van der Waals surface area contributed by atoms with Crippen LogP contribution in [0.4, 0.5) is 0 Å². The molecule has 0 aliphatic heterocycles. The molecule has 3 heteroatoms. The van der Waals surface area contributed by atoms with Gasteiger partial charge in [-0.15, -0.1) is 0 Å². The van der Waals surface area contributed by atoms with Crippen LogP contribution >= 0.6 is 0 Å². The Hall–Kier alpha value is -1.22. The fraction of sp³-hybridized carbons (Fsp3) is 0.842. The molecule has 0 radical (unpaired) electrons. The van der Waals surface area contributed by atoms with E-state index in [0.29, 0.717) is 0 Å². The second-order valence-electron chi connectivity index (χ2n) is 13.0. The highest BCUT2D eigenvalue weighted by Gasteiger charge is 2.09. The second-order valence-corrected chi connectivity index (χ2v) is 13.0. The van der Waals surface area contributed by atoms with Gasteiger partial charge in [-0.05, 0) is 56.5 Å². The Balaban J connectivity index is 2.22. The number of hydrogen-bond donors (Lipinski definition) is 2. The van der Waals surface area contributed by atoms with E-state index in [1.165, 1.54) is 174 Å². The fourth-order valence-corrected chi connectivity index (χ4v) is 6.13. The van der Waals surface area contributed by atoms with Crippen molar-refractivity contribution in [2.24, 2.45) is 0 Å². The summed E-state index contributed by atoms with van der Waals surface area (Å²) in [4.78, 5) is 2.66. The van der Waals surface area contributed by atoms with Crippen LogP contribution in [-0.2, 0) is 6.42 Å². The van der Waals surface area contributed by atoms with E-state index in [-0.39, 0.29) is 11.5 Å². The number of phenolic OH excluding ortho intramolecular Hbond substituents is 2. The predicted octanol–water partition coefficient (Wildman–Crippen LogP) is 12.0. The van der Waals surface area contributed by atoms with Crippen molar-refractivity contribution in [1.82, 2.24) is 4.90 Å². The number of aromatic hydroxyl groups is 2. The first-order valence-electron chi connectivity index (χ1n) is 18.3. The molecule has 240 valence electrons. The van der Waals surface area contributed by atoms with Gasteiger partial charge in [0.2, 0.25) is 0 Å². The number of aryl methyl sites for hydroxylation is 1. The van der Waals surface area contributed by atoms with E-state index in [1.807, 2.05) is 13.0 Å². The number of hydrogen-bond acceptors (Lipinski definition) is 3. The highest BCUT2D eigenvalue weighted by molar-refractivity contribution is 5.46. The Morgan fingerprint density at radius 3 is 1.15 bits per heavy atom. The molecule has 0 spiro atoms. The maximum absolute atomic E-state index is 10.0. The summed E-state index contributed by atoms with van der Waals surface area (Å²) in [5.41, 5.74) is 1.90. The Morgan fingerprint density at radius 1 is 0.463 bits per heavy atom. The molecule has 0 unspecified atom stereocenters. The molecule has 0 aliphatic rings. The molecule has 0 fully saturated rings. The van der Waals surface area contributed by atoms with Gasteiger partial charge in [0, 0.05) is 6.54 Å². The Morgan fingerprint density at radius 2 is 0.805 bits per heavy atom. The summed E-state index contributed by atoms with van der Waals surface area (Å²) in [6.45, 7) is 9.89. The lowest BCUT2D eigenvalue weighted by Gasteiger charge is -2.23. The number of phenols is 2. The molecular weight excluding hydrogens is 502 g/mol. The molecule has 1 aromatic carbocycles. The van der Waals surface area contributed by atoms with Gasteiger partial charge >= 0.3 is 0 Å². The summed E-state index contributed by atoms with van der Waals surface area (Å²) in [7, 11) is 0. The minimum atomic E-state index is 0.0176. The molecule has 0 saturated carbocycles. The van der Waals surface area contributed by atoms with Gasteiger partial charge in [0.05, 0.1) is 0 Å². The number of benzene rings is 1. The maximum atomic E-state index is 10.0. The smallest absolute Gasteiger partial charge is 0.160 e. The third kappa shape index (κ3) is 22.0. The van der Waals surface area contributed by atoms with Crippen LogP contribution in [0.2, 0.25) is 0 Å². The highest BCUT2D eigenvalue weighted by atomic mass is 16.3. The van der Waals surface area contributed by atoms with Gasteiger partial charge in [0.15, 0.2) is 11.5 Å². The van der Waals surface area contributed by atoms with Crippen LogP contribution in [-0.4, -0.2) is 34.7 Å². The Labute approximate surface area is 256 Å². The summed E-state index contributed by atoms with van der Waals surface area (Å²) < 4.78 is 0. The monoisotopic (exact) mass is 574 g/mol. The molecule has 3 nitrogen and oxygen atoms in total. The van der Waals surface area contributed by atoms with E-state index in [4.69, 9.17) is 0 Å². The average Bonchev–Trinajstić information content (AvgIpc) is 2.97. The zero-order valence-electron chi connectivity index (χ0n) is 28.0. The van der Waals surface area contributed by atoms with Crippen LogP contribution in [0.1, 0.15) is 185 Å². The number of nitrogens with zero attached hydrogens (tertiary/aromatic N) is 1. The van der Waals surface area contributed by atoms with Gasteiger partial charge in [0.25, 0.3) is 0 Å². The summed E-state index contributed by atoms with van der Waals surface area (Å²) in [6, 6.07) is 3.78. The van der Waals surface area contributed by atoms with Gasteiger partial charge in [0.1, 0.15) is 0 Å². The molecule has 0 aliphatic carbocycles. The van der Waals surface area contributed by atoms with E-state index in [2.05, 4.69) is 18.7 Å². The normalized spacial score (nSPS) is 11.6. The summed E-state index contributed by atoms with van der Waals surface area (Å²) in [5, 5.41) is 20.0. The van der Waals surface area contributed by atoms with Crippen molar-refractivity contribution in [3.05, 3.63) is 23.3 Å². The largest absolute Gasteiger partial charge is 0.504 e. The summed E-state index contributed by atoms with van der Waals surface area (Å²) in [6.07, 6.45) is 36.0. The molecule has 41 heavy (non-hydrogen) atoms. The molecule has 0 aromatic heterocycles. The van der Waals surface area contributed by atoms with Crippen LogP contribution in [0.3, 0.4) is 0 Å². The molecule has 0 atom stereocenters. The SMILES string of the molecule is CCCCCCCCCCCCCCCN(CCCCCCCCCCCCCC)CCc1cc(C)c(O)c(O)c1. The van der Waals surface area contributed by atoms with Gasteiger partial charge in [-0.3, -0.25) is 0 Å². The van der Waals surface area contributed by atoms with Gasteiger partial charge < -0.3 is 15.1 Å². The Bertz CT molecular complexity index is 681. The quantitative estimate of drug-likeness (QED) is 0.0710. The average molecular weight is 574 g/mol. The molecule has 1 aromatic rings. The zero-order valence-corrected chi connectivity index (χ0v) is 28.0. The first-order valence-corrected chi connectivity index (χ1v) is 18.3. The van der Waals surface area contributed by atoms with E-state index >= 15 is 0 Å². The van der Waals surface area contributed by atoms with Gasteiger partial charge in [-0.2, -0.15) is 0 Å². The highest BCUT2D eigenvalue weighted by Crippen LogP contribution is 2.30. The van der Waals surface area contributed by atoms with E-state index in [0.717, 1.165) is 24.1 Å². The fourth-order valence-electron chi connectivity index (χ4n) is 6.13. The summed E-state index contributed by atoms with van der Waals surface area (Å²) >= 11 is 0. The van der Waals surface area contributed by atoms with Crippen molar-refractivity contribution in [3.63, 3.8) is 0 Å². The Kier molecular flexibility index (Phi) is 25.5. The van der Waals surface area contributed by atoms with Crippen molar-refractivity contribution in [1.29, 1.82) is 0 Å². The molecule has 2 N–H and O–H groups in total. The zero-order chi connectivity index (χ0) is 29.8. The van der Waals surface area contributed by atoms with Crippen LogP contribution in [0, 0.1) is 6.92 Å². The van der Waals surface area contributed by atoms with Crippen molar-refractivity contribution < 1.29 is 10.2 Å². The van der Waals surface area contributed by atoms with Crippen LogP contribution < -0.4 is 0 Å². The van der Waals surface area contributed by atoms with Crippen LogP contribution in [0.15, 0.2) is 12.1 Å². The third-order valence-corrected chi connectivity index (χ3v) is 8.96. The molecule has 0 bridgehead atoms. The van der Waals surface area contributed by atoms with E-state index in [1.54, 1.807) is 6.07 Å². The van der Waals surface area contributed by atoms with Gasteiger partial charge in [-0.25, -0.2) is 0 Å². The third-order valence-electron chi connectivity index (χ3n) is 8.96. The minimum Gasteiger partial charge on any atom is -0.504 e. The first-order chi connectivity index (χ1) is 20.1. The molecule has 0 amide bonds. The number of rotatable bonds is 30. The molecule has 0 heterocycles. The van der Waals surface area contributed by atoms with Crippen LogP contribution in [0.25, 0.3) is 0 Å². The molecular formula is C38H71NO2. The van der Waals surface area contributed by atoms with Crippen molar-refractivity contribution >= 4 is 0 Å². The first kappa shape index (κ1) is 37.8. The van der Waals surface area contributed by atoms with Crippen molar-refractivity contribution in [2.45, 2.75) is 188 Å². The second kappa shape index (κ2) is 27.6. The van der Waals surface area contributed by atoms with Gasteiger partial charge in [-0.1, -0.05) is 168 Å². The van der Waals surface area contributed by atoms with E-state index < -0.39 is 0 Å². The van der Waals surface area contributed by atoms with Crippen molar-refractivity contribution in [3.8, 4) is 11.5 Å². The maximum Gasteiger partial charge on any atom is 0.160 e. The molecule has 0 saturated heterocycles. The minimum absolute atomic E-state index is 0.0176. The van der Waals surface area contributed by atoms with Crippen LogP contribution in [0.5, 0.6) is 11.5 Å². The lowest BCUT2D eigenvalue weighted by atomic mass is 10.0. The summed E-state index contributed by atoms with van der Waals surface area (Å²) in [5.74, 6) is 0.0399. The number of unbranched alkanes of at least 4 members (excludes halogenated alkanes) is 23. The lowest BCUT2D eigenvalue weighted by Crippen LogP contribution is -2.28. The molecule has 1 rings (SSSR count). The topological polar surface area (TPSA) is 43.7 Å².